The zero-order valence-electron chi connectivity index (χ0n) is 10.5. The molecule has 4 nitrogen and oxygen atoms in total. The van der Waals surface area contributed by atoms with Crippen LogP contribution in [0, 0.1) is 0 Å². The van der Waals surface area contributed by atoms with E-state index in [1.54, 1.807) is 12.3 Å². The van der Waals surface area contributed by atoms with Gasteiger partial charge in [0.2, 0.25) is 0 Å². The highest BCUT2D eigenvalue weighted by molar-refractivity contribution is 7.12. The molecule has 0 aliphatic carbocycles. The first-order valence-corrected chi connectivity index (χ1v) is 6.77. The Balaban J connectivity index is 1.90. The molecule has 0 saturated heterocycles. The van der Waals surface area contributed by atoms with Gasteiger partial charge in [0.05, 0.1) is 17.7 Å². The van der Waals surface area contributed by atoms with Crippen LogP contribution in [0.5, 0.6) is 5.75 Å². The van der Waals surface area contributed by atoms with E-state index in [9.17, 15) is 4.79 Å². The number of carbonyl (C=O) groups is 1. The SMILES string of the molecule is CCOc1ccc(/C=N/NC(=O)c2cccs2)cc1. The Morgan fingerprint density at radius 3 is 2.79 bits per heavy atom. The van der Waals surface area contributed by atoms with Gasteiger partial charge < -0.3 is 4.74 Å². The van der Waals surface area contributed by atoms with Crippen molar-refractivity contribution in [2.45, 2.75) is 6.92 Å². The number of hydrazone groups is 1. The molecule has 0 radical (unpaired) electrons. The summed E-state index contributed by atoms with van der Waals surface area (Å²) in [7, 11) is 0. The molecule has 2 rings (SSSR count). The van der Waals surface area contributed by atoms with Crippen LogP contribution in [0.25, 0.3) is 0 Å². The fraction of sp³-hybridized carbons (Fsp3) is 0.143. The van der Waals surface area contributed by atoms with Gasteiger partial charge in [-0.1, -0.05) is 6.07 Å². The lowest BCUT2D eigenvalue weighted by molar-refractivity contribution is 0.0959. The van der Waals surface area contributed by atoms with E-state index in [0.29, 0.717) is 11.5 Å². The molecule has 98 valence electrons. The number of hydrogen-bond donors (Lipinski definition) is 1. The van der Waals surface area contributed by atoms with E-state index in [-0.39, 0.29) is 5.91 Å². The van der Waals surface area contributed by atoms with Gasteiger partial charge in [-0.2, -0.15) is 5.10 Å². The Bertz CT molecular complexity index is 547. The largest absolute Gasteiger partial charge is 0.494 e. The number of rotatable bonds is 5. The first-order valence-electron chi connectivity index (χ1n) is 5.89. The molecular formula is C14H14N2O2S. The molecule has 0 fully saturated rings. The van der Waals surface area contributed by atoms with Gasteiger partial charge in [-0.25, -0.2) is 5.43 Å². The second kappa shape index (κ2) is 6.70. The first kappa shape index (κ1) is 13.3. The molecule has 2 aromatic rings. The molecular weight excluding hydrogens is 260 g/mol. The predicted octanol–water partition coefficient (Wildman–Crippen LogP) is 2.91. The molecule has 19 heavy (non-hydrogen) atoms. The predicted molar refractivity (Wildman–Crippen MR) is 77.0 cm³/mol. The maximum Gasteiger partial charge on any atom is 0.281 e. The number of ether oxygens (including phenoxy) is 1. The number of nitrogens with zero attached hydrogens (tertiary/aromatic N) is 1. The molecule has 1 heterocycles. The van der Waals surface area contributed by atoms with E-state index < -0.39 is 0 Å². The fourth-order valence-corrected chi connectivity index (χ4v) is 2.06. The number of carbonyl (C=O) groups excluding carboxylic acids is 1. The molecule has 5 heteroatoms. The lowest BCUT2D eigenvalue weighted by atomic mass is 10.2. The molecule has 0 atom stereocenters. The smallest absolute Gasteiger partial charge is 0.281 e. The third-order valence-electron chi connectivity index (χ3n) is 2.32. The van der Waals surface area contributed by atoms with Crippen molar-refractivity contribution in [3.8, 4) is 5.75 Å². The van der Waals surface area contributed by atoms with Gasteiger partial charge in [-0.15, -0.1) is 11.3 Å². The quantitative estimate of drug-likeness (QED) is 0.673. The number of thiophene rings is 1. The lowest BCUT2D eigenvalue weighted by Gasteiger charge is -2.02. The van der Waals surface area contributed by atoms with Crippen molar-refractivity contribution in [3.63, 3.8) is 0 Å². The van der Waals surface area contributed by atoms with Gasteiger partial charge >= 0.3 is 0 Å². The first-order chi connectivity index (χ1) is 9.29. The molecule has 0 unspecified atom stereocenters. The van der Waals surface area contributed by atoms with E-state index >= 15 is 0 Å². The summed E-state index contributed by atoms with van der Waals surface area (Å²) in [5.74, 6) is 0.624. The zero-order valence-corrected chi connectivity index (χ0v) is 11.3. The van der Waals surface area contributed by atoms with Gasteiger partial charge in [-0.3, -0.25) is 4.79 Å². The Labute approximate surface area is 115 Å². The van der Waals surface area contributed by atoms with Crippen LogP contribution >= 0.6 is 11.3 Å². The van der Waals surface area contributed by atoms with Crippen LogP contribution in [0.2, 0.25) is 0 Å². The van der Waals surface area contributed by atoms with Gasteiger partial charge in [0.15, 0.2) is 0 Å². The highest BCUT2D eigenvalue weighted by Crippen LogP contribution is 2.11. The monoisotopic (exact) mass is 274 g/mol. The molecule has 0 spiro atoms. The van der Waals surface area contributed by atoms with Gasteiger partial charge in [0, 0.05) is 0 Å². The number of amides is 1. The summed E-state index contributed by atoms with van der Waals surface area (Å²) in [4.78, 5) is 12.2. The maximum absolute atomic E-state index is 11.6. The Morgan fingerprint density at radius 1 is 1.37 bits per heavy atom. The molecule has 0 aliphatic heterocycles. The molecule has 0 saturated carbocycles. The van der Waals surface area contributed by atoms with Gasteiger partial charge in [-0.05, 0) is 48.2 Å². The number of hydrogen-bond acceptors (Lipinski definition) is 4. The van der Waals surface area contributed by atoms with Crippen molar-refractivity contribution >= 4 is 23.5 Å². The topological polar surface area (TPSA) is 50.7 Å². The summed E-state index contributed by atoms with van der Waals surface area (Å²) >= 11 is 1.38. The Morgan fingerprint density at radius 2 is 2.16 bits per heavy atom. The van der Waals surface area contributed by atoms with Crippen molar-refractivity contribution in [2.75, 3.05) is 6.61 Å². The average Bonchev–Trinajstić information content (AvgIpc) is 2.95. The molecule has 0 bridgehead atoms. The van der Waals surface area contributed by atoms with Crippen LogP contribution in [-0.2, 0) is 0 Å². The molecule has 1 aromatic heterocycles. The van der Waals surface area contributed by atoms with Crippen LogP contribution in [0.15, 0.2) is 46.9 Å². The van der Waals surface area contributed by atoms with Crippen LogP contribution < -0.4 is 10.2 Å². The minimum Gasteiger partial charge on any atom is -0.494 e. The number of nitrogens with one attached hydrogen (secondary N) is 1. The van der Waals surface area contributed by atoms with Gasteiger partial charge in [0.25, 0.3) is 5.91 Å². The second-order valence-electron chi connectivity index (χ2n) is 3.68. The van der Waals surface area contributed by atoms with Crippen molar-refractivity contribution in [3.05, 3.63) is 52.2 Å². The highest BCUT2D eigenvalue weighted by Gasteiger charge is 2.03. The summed E-state index contributed by atoms with van der Waals surface area (Å²) in [5.41, 5.74) is 3.38. The third-order valence-corrected chi connectivity index (χ3v) is 3.18. The highest BCUT2D eigenvalue weighted by atomic mass is 32.1. The summed E-state index contributed by atoms with van der Waals surface area (Å²) in [6.07, 6.45) is 1.60. The molecule has 1 amide bonds. The molecule has 0 aliphatic rings. The Hall–Kier alpha value is -2.14. The van der Waals surface area contributed by atoms with Crippen LogP contribution in [0.1, 0.15) is 22.2 Å². The zero-order chi connectivity index (χ0) is 13.5. The summed E-state index contributed by atoms with van der Waals surface area (Å²) in [6.45, 7) is 2.58. The van der Waals surface area contributed by atoms with Gasteiger partial charge in [0.1, 0.15) is 5.75 Å². The van der Waals surface area contributed by atoms with Crippen LogP contribution in [0.4, 0.5) is 0 Å². The normalized spacial score (nSPS) is 10.6. The van der Waals surface area contributed by atoms with E-state index in [2.05, 4.69) is 10.5 Å². The molecule has 1 aromatic carbocycles. The minimum atomic E-state index is -0.197. The van der Waals surface area contributed by atoms with E-state index in [1.165, 1.54) is 11.3 Å². The maximum atomic E-state index is 11.6. The second-order valence-corrected chi connectivity index (χ2v) is 4.63. The van der Waals surface area contributed by atoms with E-state index in [1.807, 2.05) is 42.6 Å². The summed E-state index contributed by atoms with van der Waals surface area (Å²) < 4.78 is 5.34. The van der Waals surface area contributed by atoms with Crippen molar-refractivity contribution in [1.82, 2.24) is 5.43 Å². The van der Waals surface area contributed by atoms with Crippen molar-refractivity contribution in [1.29, 1.82) is 0 Å². The van der Waals surface area contributed by atoms with Crippen LogP contribution in [0.3, 0.4) is 0 Å². The average molecular weight is 274 g/mol. The summed E-state index contributed by atoms with van der Waals surface area (Å²) in [6, 6.07) is 11.1. The standard InChI is InChI=1S/C14H14N2O2S/c1-2-18-12-7-5-11(6-8-12)10-15-16-14(17)13-4-3-9-19-13/h3-10H,2H2,1H3,(H,16,17)/b15-10+. The fourth-order valence-electron chi connectivity index (χ4n) is 1.45. The van der Waals surface area contributed by atoms with Crippen molar-refractivity contribution in [2.24, 2.45) is 5.10 Å². The van der Waals surface area contributed by atoms with E-state index in [4.69, 9.17) is 4.74 Å². The number of benzene rings is 1. The van der Waals surface area contributed by atoms with E-state index in [0.717, 1.165) is 11.3 Å². The Kier molecular flexibility index (Phi) is 4.69. The molecule has 1 N–H and O–H groups in total. The van der Waals surface area contributed by atoms with Crippen molar-refractivity contribution < 1.29 is 9.53 Å². The summed E-state index contributed by atoms with van der Waals surface area (Å²) in [5, 5.41) is 5.77. The van der Waals surface area contributed by atoms with Crippen LogP contribution in [-0.4, -0.2) is 18.7 Å². The minimum absolute atomic E-state index is 0.197. The lowest BCUT2D eigenvalue weighted by Crippen LogP contribution is -2.16. The third kappa shape index (κ3) is 3.93.